The van der Waals surface area contributed by atoms with Gasteiger partial charge in [-0.05, 0) is 68.2 Å². The maximum atomic E-state index is 12.5. The van der Waals surface area contributed by atoms with Crippen molar-refractivity contribution in [1.29, 1.82) is 0 Å². The topological polar surface area (TPSA) is 46.3 Å². The maximum absolute atomic E-state index is 12.5. The van der Waals surface area contributed by atoms with Crippen LogP contribution < -0.4 is 5.73 Å². The molecule has 3 nitrogen and oxygen atoms in total. The number of carbonyl (C=O) groups excluding carboxylic acids is 1. The maximum Gasteiger partial charge on any atom is 0.227 e. The average molecular weight is 323 g/mol. The van der Waals surface area contributed by atoms with E-state index in [4.69, 9.17) is 5.73 Å². The summed E-state index contributed by atoms with van der Waals surface area (Å²) in [5.74, 6) is 0.738. The Morgan fingerprint density at radius 2 is 2.00 bits per heavy atom. The molecule has 0 spiro atoms. The van der Waals surface area contributed by atoms with Gasteiger partial charge in [-0.1, -0.05) is 18.2 Å². The van der Waals surface area contributed by atoms with Gasteiger partial charge in [-0.2, -0.15) is 0 Å². The molecule has 1 aromatic carbocycles. The highest BCUT2D eigenvalue weighted by Gasteiger charge is 2.31. The molecule has 2 aliphatic rings. The molecule has 0 aromatic heterocycles. The molecule has 1 aliphatic heterocycles. The molecule has 1 saturated heterocycles. The molecule has 0 saturated carbocycles. The minimum atomic E-state index is 0. The van der Waals surface area contributed by atoms with Crippen molar-refractivity contribution in [3.05, 3.63) is 34.9 Å². The Morgan fingerprint density at radius 3 is 2.68 bits per heavy atom. The van der Waals surface area contributed by atoms with E-state index in [-0.39, 0.29) is 18.3 Å². The highest BCUT2D eigenvalue weighted by Crippen LogP contribution is 2.25. The first-order valence-electron chi connectivity index (χ1n) is 8.27. The predicted molar refractivity (Wildman–Crippen MR) is 92.4 cm³/mol. The van der Waals surface area contributed by atoms with Crippen LogP contribution in [0.5, 0.6) is 0 Å². The number of halogens is 1. The SMILES string of the molecule is CC1CC(CN)CN1C(=O)Cc1ccc2c(c1)CCCC2.Cl. The number of amides is 1. The number of rotatable bonds is 3. The van der Waals surface area contributed by atoms with Crippen LogP contribution >= 0.6 is 12.4 Å². The number of nitrogens with two attached hydrogens (primary N) is 1. The minimum absolute atomic E-state index is 0. The van der Waals surface area contributed by atoms with Crippen LogP contribution in [0.25, 0.3) is 0 Å². The molecule has 1 amide bonds. The number of carbonyl (C=O) groups is 1. The summed E-state index contributed by atoms with van der Waals surface area (Å²) in [6, 6.07) is 6.97. The lowest BCUT2D eigenvalue weighted by Crippen LogP contribution is -2.35. The first-order chi connectivity index (χ1) is 10.2. The molecule has 4 heteroatoms. The van der Waals surface area contributed by atoms with Crippen molar-refractivity contribution >= 4 is 18.3 Å². The molecule has 122 valence electrons. The highest BCUT2D eigenvalue weighted by molar-refractivity contribution is 5.85. The minimum Gasteiger partial charge on any atom is -0.339 e. The number of hydrogen-bond acceptors (Lipinski definition) is 2. The van der Waals surface area contributed by atoms with Gasteiger partial charge in [0.1, 0.15) is 0 Å². The van der Waals surface area contributed by atoms with E-state index in [9.17, 15) is 4.79 Å². The molecule has 2 N–H and O–H groups in total. The number of hydrogen-bond donors (Lipinski definition) is 1. The number of fused-ring (bicyclic) bond motifs is 1. The molecule has 22 heavy (non-hydrogen) atoms. The molecular formula is C18H27ClN2O. The van der Waals surface area contributed by atoms with Gasteiger partial charge >= 0.3 is 0 Å². The summed E-state index contributed by atoms with van der Waals surface area (Å²) < 4.78 is 0. The Bertz CT molecular complexity index is 532. The van der Waals surface area contributed by atoms with Gasteiger partial charge in [0.25, 0.3) is 0 Å². The van der Waals surface area contributed by atoms with Crippen LogP contribution in [0.1, 0.15) is 42.9 Å². The zero-order valence-corrected chi connectivity index (χ0v) is 14.2. The molecule has 1 aromatic rings. The van der Waals surface area contributed by atoms with Crippen LogP contribution in [-0.2, 0) is 24.1 Å². The lowest BCUT2D eigenvalue weighted by Gasteiger charge is -2.22. The van der Waals surface area contributed by atoms with E-state index in [1.807, 2.05) is 4.90 Å². The van der Waals surface area contributed by atoms with Gasteiger partial charge in [0.2, 0.25) is 5.91 Å². The Balaban J connectivity index is 0.00000176. The van der Waals surface area contributed by atoms with E-state index in [2.05, 4.69) is 25.1 Å². The summed E-state index contributed by atoms with van der Waals surface area (Å²) in [6.45, 7) is 3.66. The first kappa shape index (κ1) is 17.3. The van der Waals surface area contributed by atoms with Gasteiger partial charge in [0.15, 0.2) is 0 Å². The Kier molecular flexibility index (Phi) is 5.87. The third-order valence-electron chi connectivity index (χ3n) is 5.08. The molecule has 1 fully saturated rings. The van der Waals surface area contributed by atoms with Crippen LogP contribution in [0.3, 0.4) is 0 Å². The van der Waals surface area contributed by atoms with E-state index in [0.717, 1.165) is 13.0 Å². The van der Waals surface area contributed by atoms with E-state index in [0.29, 0.717) is 24.9 Å². The van der Waals surface area contributed by atoms with Crippen molar-refractivity contribution in [3.8, 4) is 0 Å². The second-order valence-corrected chi connectivity index (χ2v) is 6.72. The third-order valence-corrected chi connectivity index (χ3v) is 5.08. The molecule has 2 atom stereocenters. The van der Waals surface area contributed by atoms with E-state index in [1.54, 1.807) is 0 Å². The van der Waals surface area contributed by atoms with Crippen LogP contribution in [0.4, 0.5) is 0 Å². The highest BCUT2D eigenvalue weighted by atomic mass is 35.5. The Hall–Kier alpha value is -1.06. The van der Waals surface area contributed by atoms with Gasteiger partial charge in [-0.3, -0.25) is 4.79 Å². The van der Waals surface area contributed by atoms with Crippen molar-refractivity contribution in [2.24, 2.45) is 11.7 Å². The summed E-state index contributed by atoms with van der Waals surface area (Å²) in [5.41, 5.74) is 9.86. The summed E-state index contributed by atoms with van der Waals surface area (Å²) >= 11 is 0. The van der Waals surface area contributed by atoms with Crippen molar-refractivity contribution in [1.82, 2.24) is 4.90 Å². The molecule has 1 heterocycles. The predicted octanol–water partition coefficient (Wildman–Crippen LogP) is 2.73. The van der Waals surface area contributed by atoms with Gasteiger partial charge in [0.05, 0.1) is 6.42 Å². The second-order valence-electron chi connectivity index (χ2n) is 6.72. The van der Waals surface area contributed by atoms with Crippen molar-refractivity contribution in [2.45, 2.75) is 51.5 Å². The van der Waals surface area contributed by atoms with Crippen molar-refractivity contribution in [2.75, 3.05) is 13.1 Å². The normalized spacial score (nSPS) is 23.8. The second kappa shape index (κ2) is 7.47. The molecule has 3 rings (SSSR count). The van der Waals surface area contributed by atoms with Gasteiger partial charge in [-0.25, -0.2) is 0 Å². The van der Waals surface area contributed by atoms with Crippen molar-refractivity contribution in [3.63, 3.8) is 0 Å². The summed E-state index contributed by atoms with van der Waals surface area (Å²) in [5, 5.41) is 0. The first-order valence-corrected chi connectivity index (χ1v) is 8.27. The largest absolute Gasteiger partial charge is 0.339 e. The number of aryl methyl sites for hydroxylation is 2. The van der Waals surface area contributed by atoms with Gasteiger partial charge in [-0.15, -0.1) is 12.4 Å². The van der Waals surface area contributed by atoms with Gasteiger partial charge in [0, 0.05) is 12.6 Å². The fraction of sp³-hybridized carbons (Fsp3) is 0.611. The van der Waals surface area contributed by atoms with E-state index < -0.39 is 0 Å². The quantitative estimate of drug-likeness (QED) is 0.930. The van der Waals surface area contributed by atoms with Gasteiger partial charge < -0.3 is 10.6 Å². The molecule has 0 radical (unpaired) electrons. The van der Waals surface area contributed by atoms with Crippen LogP contribution in [-0.4, -0.2) is 29.9 Å². The standard InChI is InChI=1S/C18H26N2O.ClH/c1-13-8-15(11-19)12-20(13)18(21)10-14-6-7-16-4-2-3-5-17(16)9-14;/h6-7,9,13,15H,2-5,8,10-12,19H2,1H3;1H. The lowest BCUT2D eigenvalue weighted by atomic mass is 9.90. The van der Waals surface area contributed by atoms with Crippen LogP contribution in [0.15, 0.2) is 18.2 Å². The van der Waals surface area contributed by atoms with Crippen LogP contribution in [0.2, 0.25) is 0 Å². The molecule has 2 unspecified atom stereocenters. The van der Waals surface area contributed by atoms with E-state index >= 15 is 0 Å². The lowest BCUT2D eigenvalue weighted by molar-refractivity contribution is -0.131. The zero-order valence-electron chi connectivity index (χ0n) is 13.4. The number of likely N-dealkylation sites (tertiary alicyclic amines) is 1. The number of nitrogens with zero attached hydrogens (tertiary/aromatic N) is 1. The van der Waals surface area contributed by atoms with Crippen LogP contribution in [0, 0.1) is 5.92 Å². The number of benzene rings is 1. The smallest absolute Gasteiger partial charge is 0.227 e. The fourth-order valence-corrected chi connectivity index (χ4v) is 3.83. The molecule has 1 aliphatic carbocycles. The molecule has 0 bridgehead atoms. The molecular weight excluding hydrogens is 296 g/mol. The summed E-state index contributed by atoms with van der Waals surface area (Å²) in [4.78, 5) is 14.6. The zero-order chi connectivity index (χ0) is 14.8. The average Bonchev–Trinajstić information content (AvgIpc) is 2.88. The summed E-state index contributed by atoms with van der Waals surface area (Å²) in [6.07, 6.45) is 6.54. The fourth-order valence-electron chi connectivity index (χ4n) is 3.83. The third kappa shape index (κ3) is 3.64. The van der Waals surface area contributed by atoms with E-state index in [1.165, 1.54) is 42.4 Å². The monoisotopic (exact) mass is 322 g/mol. The van der Waals surface area contributed by atoms with Crippen molar-refractivity contribution < 1.29 is 4.79 Å². The Labute approximate surface area is 139 Å². The Morgan fingerprint density at radius 1 is 1.27 bits per heavy atom. The summed E-state index contributed by atoms with van der Waals surface area (Å²) in [7, 11) is 0.